The van der Waals surface area contributed by atoms with Crippen molar-refractivity contribution in [1.29, 1.82) is 0 Å². The van der Waals surface area contributed by atoms with E-state index in [-0.39, 0.29) is 0 Å². The summed E-state index contributed by atoms with van der Waals surface area (Å²) in [4.78, 5) is 2.56. The van der Waals surface area contributed by atoms with E-state index in [2.05, 4.69) is 11.8 Å². The fourth-order valence-electron chi connectivity index (χ4n) is 2.68. The molecule has 2 fully saturated rings. The average molecular weight is 198 g/mol. The molecule has 0 bridgehead atoms. The summed E-state index contributed by atoms with van der Waals surface area (Å²) in [6, 6.07) is 1.12. The molecule has 2 aliphatic heterocycles. The van der Waals surface area contributed by atoms with Gasteiger partial charge in [-0.1, -0.05) is 0 Å². The van der Waals surface area contributed by atoms with Crippen LogP contribution >= 0.6 is 0 Å². The van der Waals surface area contributed by atoms with E-state index in [1.165, 1.54) is 25.8 Å². The fourth-order valence-corrected chi connectivity index (χ4v) is 2.68. The van der Waals surface area contributed by atoms with E-state index in [0.29, 0.717) is 12.1 Å². The smallest absolute Gasteiger partial charge is 0.0469 e. The van der Waals surface area contributed by atoms with Gasteiger partial charge in [0.25, 0.3) is 0 Å². The lowest BCUT2D eigenvalue weighted by atomic mass is 9.92. The van der Waals surface area contributed by atoms with Crippen LogP contribution in [0.5, 0.6) is 0 Å². The van der Waals surface area contributed by atoms with Gasteiger partial charge in [0, 0.05) is 38.4 Å². The molecule has 2 N–H and O–H groups in total. The Morgan fingerprint density at radius 2 is 2.00 bits per heavy atom. The van der Waals surface area contributed by atoms with Crippen LogP contribution in [-0.2, 0) is 4.74 Å². The van der Waals surface area contributed by atoms with Crippen molar-refractivity contribution in [2.45, 2.75) is 38.3 Å². The topological polar surface area (TPSA) is 38.5 Å². The van der Waals surface area contributed by atoms with Gasteiger partial charge in [0.2, 0.25) is 0 Å². The molecule has 0 aromatic heterocycles. The zero-order valence-corrected chi connectivity index (χ0v) is 9.11. The first kappa shape index (κ1) is 10.4. The first-order chi connectivity index (χ1) is 6.77. The Labute approximate surface area is 86.6 Å². The minimum atomic E-state index is 0.414. The van der Waals surface area contributed by atoms with E-state index in [1.807, 2.05) is 0 Å². The number of nitrogens with zero attached hydrogens (tertiary/aromatic N) is 1. The van der Waals surface area contributed by atoms with Gasteiger partial charge in [-0.3, -0.25) is 4.90 Å². The number of likely N-dealkylation sites (tertiary alicyclic amines) is 1. The molecule has 0 aromatic rings. The normalized spacial score (nSPS) is 33.4. The van der Waals surface area contributed by atoms with Crippen molar-refractivity contribution in [3.8, 4) is 0 Å². The zero-order chi connectivity index (χ0) is 9.97. The number of hydrogen-bond acceptors (Lipinski definition) is 3. The van der Waals surface area contributed by atoms with Crippen molar-refractivity contribution >= 4 is 0 Å². The summed E-state index contributed by atoms with van der Waals surface area (Å²) in [5.74, 6) is 0.828. The summed E-state index contributed by atoms with van der Waals surface area (Å²) in [6.07, 6.45) is 3.63. The van der Waals surface area contributed by atoms with Crippen LogP contribution in [-0.4, -0.2) is 43.3 Å². The maximum Gasteiger partial charge on any atom is 0.0469 e. The van der Waals surface area contributed by atoms with Gasteiger partial charge in [0.05, 0.1) is 0 Å². The van der Waals surface area contributed by atoms with Crippen molar-refractivity contribution in [3.63, 3.8) is 0 Å². The number of ether oxygens (including phenoxy) is 1. The molecular weight excluding hydrogens is 176 g/mol. The molecule has 0 saturated carbocycles. The monoisotopic (exact) mass is 198 g/mol. The summed E-state index contributed by atoms with van der Waals surface area (Å²) in [6.45, 7) is 6.55. The Bertz CT molecular complexity index is 175. The Kier molecular flexibility index (Phi) is 3.42. The van der Waals surface area contributed by atoms with Gasteiger partial charge in [0.1, 0.15) is 0 Å². The minimum absolute atomic E-state index is 0.414. The van der Waals surface area contributed by atoms with Crippen molar-refractivity contribution < 1.29 is 4.74 Å². The summed E-state index contributed by atoms with van der Waals surface area (Å²) < 4.78 is 5.39. The molecule has 3 nitrogen and oxygen atoms in total. The molecular formula is C11H22N2O. The second-order valence-corrected chi connectivity index (χ2v) is 4.73. The molecule has 82 valence electrons. The van der Waals surface area contributed by atoms with Crippen LogP contribution in [0.25, 0.3) is 0 Å². The fraction of sp³-hybridized carbons (Fsp3) is 1.00. The Hall–Kier alpha value is -0.120. The largest absolute Gasteiger partial charge is 0.381 e. The van der Waals surface area contributed by atoms with Crippen LogP contribution in [0.15, 0.2) is 0 Å². The lowest BCUT2D eigenvalue weighted by Gasteiger charge is -2.34. The molecule has 0 amide bonds. The molecule has 2 atom stereocenters. The molecule has 2 heterocycles. The predicted octanol–water partition coefficient (Wildman–Crippen LogP) is 0.835. The Morgan fingerprint density at radius 1 is 1.29 bits per heavy atom. The van der Waals surface area contributed by atoms with Gasteiger partial charge in [-0.15, -0.1) is 0 Å². The second kappa shape index (κ2) is 4.60. The Morgan fingerprint density at radius 3 is 2.57 bits per heavy atom. The first-order valence-corrected chi connectivity index (χ1v) is 5.85. The maximum absolute atomic E-state index is 5.93. The van der Waals surface area contributed by atoms with Gasteiger partial charge in [-0.2, -0.15) is 0 Å². The summed E-state index contributed by atoms with van der Waals surface area (Å²) in [5.41, 5.74) is 5.93. The third-order valence-corrected chi connectivity index (χ3v) is 3.78. The lowest BCUT2D eigenvalue weighted by molar-refractivity contribution is 0.0354. The summed E-state index contributed by atoms with van der Waals surface area (Å²) >= 11 is 0. The molecule has 2 rings (SSSR count). The van der Waals surface area contributed by atoms with E-state index in [1.54, 1.807) is 0 Å². The van der Waals surface area contributed by atoms with E-state index >= 15 is 0 Å². The minimum Gasteiger partial charge on any atom is -0.381 e. The SMILES string of the molecule is CC(C1CCOCC1)N1CCC(N)C1. The highest BCUT2D eigenvalue weighted by atomic mass is 16.5. The standard InChI is InChI=1S/C11H22N2O/c1-9(10-3-6-14-7-4-10)13-5-2-11(12)8-13/h9-11H,2-8,12H2,1H3. The van der Waals surface area contributed by atoms with Crippen molar-refractivity contribution in [2.24, 2.45) is 11.7 Å². The van der Waals surface area contributed by atoms with Crippen molar-refractivity contribution in [3.05, 3.63) is 0 Å². The molecule has 0 spiro atoms. The van der Waals surface area contributed by atoms with Crippen LogP contribution in [0.4, 0.5) is 0 Å². The van der Waals surface area contributed by atoms with E-state index in [9.17, 15) is 0 Å². The van der Waals surface area contributed by atoms with Crippen LogP contribution in [0, 0.1) is 5.92 Å². The summed E-state index contributed by atoms with van der Waals surface area (Å²) in [5, 5.41) is 0. The molecule has 0 aliphatic carbocycles. The molecule has 2 unspecified atom stereocenters. The van der Waals surface area contributed by atoms with Crippen LogP contribution in [0.2, 0.25) is 0 Å². The first-order valence-electron chi connectivity index (χ1n) is 5.85. The van der Waals surface area contributed by atoms with E-state index in [4.69, 9.17) is 10.5 Å². The molecule has 14 heavy (non-hydrogen) atoms. The van der Waals surface area contributed by atoms with Gasteiger partial charge in [-0.25, -0.2) is 0 Å². The zero-order valence-electron chi connectivity index (χ0n) is 9.11. The van der Waals surface area contributed by atoms with Gasteiger partial charge < -0.3 is 10.5 Å². The highest BCUT2D eigenvalue weighted by molar-refractivity contribution is 4.85. The van der Waals surface area contributed by atoms with Crippen molar-refractivity contribution in [2.75, 3.05) is 26.3 Å². The molecule has 2 aliphatic rings. The number of nitrogens with two attached hydrogens (primary N) is 1. The quantitative estimate of drug-likeness (QED) is 0.714. The third kappa shape index (κ3) is 2.27. The third-order valence-electron chi connectivity index (χ3n) is 3.78. The van der Waals surface area contributed by atoms with Crippen LogP contribution in [0.1, 0.15) is 26.2 Å². The second-order valence-electron chi connectivity index (χ2n) is 4.73. The maximum atomic E-state index is 5.93. The number of rotatable bonds is 2. The van der Waals surface area contributed by atoms with Gasteiger partial charge in [-0.05, 0) is 32.1 Å². The Balaban J connectivity index is 1.84. The van der Waals surface area contributed by atoms with E-state index in [0.717, 1.165) is 25.7 Å². The molecule has 0 aromatic carbocycles. The molecule has 2 saturated heterocycles. The van der Waals surface area contributed by atoms with Gasteiger partial charge >= 0.3 is 0 Å². The summed E-state index contributed by atoms with van der Waals surface area (Å²) in [7, 11) is 0. The molecule has 3 heteroatoms. The predicted molar refractivity (Wildman–Crippen MR) is 57.2 cm³/mol. The van der Waals surface area contributed by atoms with Gasteiger partial charge in [0.15, 0.2) is 0 Å². The van der Waals surface area contributed by atoms with Crippen LogP contribution < -0.4 is 5.73 Å². The highest BCUT2D eigenvalue weighted by Crippen LogP contribution is 2.24. The molecule has 0 radical (unpaired) electrons. The number of hydrogen-bond donors (Lipinski definition) is 1. The average Bonchev–Trinajstić information content (AvgIpc) is 2.65. The highest BCUT2D eigenvalue weighted by Gasteiger charge is 2.29. The van der Waals surface area contributed by atoms with Crippen LogP contribution in [0.3, 0.4) is 0 Å². The van der Waals surface area contributed by atoms with E-state index < -0.39 is 0 Å². The lowest BCUT2D eigenvalue weighted by Crippen LogP contribution is -2.40. The van der Waals surface area contributed by atoms with Crippen molar-refractivity contribution in [1.82, 2.24) is 4.90 Å².